The van der Waals surface area contributed by atoms with Gasteiger partial charge in [0.15, 0.2) is 0 Å². The van der Waals surface area contributed by atoms with Crippen molar-refractivity contribution in [2.24, 2.45) is 0 Å². The Kier molecular flexibility index (Phi) is 4.12. The second-order valence-corrected chi connectivity index (χ2v) is 6.26. The zero-order chi connectivity index (χ0) is 14.8. The Bertz CT molecular complexity index is 695. The normalized spacial score (nSPS) is 17.1. The van der Waals surface area contributed by atoms with Gasteiger partial charge < -0.3 is 5.32 Å². The van der Waals surface area contributed by atoms with E-state index in [-0.39, 0.29) is 11.6 Å². The lowest BCUT2D eigenvalue weighted by atomic mass is 10.0. The van der Waals surface area contributed by atoms with E-state index in [4.69, 9.17) is 11.6 Å². The molecule has 1 aliphatic rings. The van der Waals surface area contributed by atoms with Gasteiger partial charge in [-0.3, -0.25) is 4.79 Å². The smallest absolute Gasteiger partial charge is 0.256 e. The zero-order valence-corrected chi connectivity index (χ0v) is 12.5. The van der Waals surface area contributed by atoms with Crippen molar-refractivity contribution in [3.05, 3.63) is 58.6 Å². The van der Waals surface area contributed by atoms with Crippen LogP contribution in [-0.4, -0.2) is 16.6 Å². The number of amides is 1. The van der Waals surface area contributed by atoms with E-state index in [0.29, 0.717) is 5.02 Å². The molecule has 1 aromatic heterocycles. The first-order valence-corrected chi connectivity index (χ1v) is 7.85. The van der Waals surface area contributed by atoms with Crippen molar-refractivity contribution in [3.8, 4) is 0 Å². The molecule has 21 heavy (non-hydrogen) atoms. The summed E-state index contributed by atoms with van der Waals surface area (Å²) in [6.07, 6.45) is 2.10. The standard InChI is InChI=1S/C15H12ClFN2OS/c16-9-3-4-13-11(8-9)12(5-7-21-13)19-15(20)10-2-1-6-18-14(10)17/h1-4,6,8,12H,5,7H2,(H,19,20). The van der Waals surface area contributed by atoms with Crippen LogP contribution in [-0.2, 0) is 0 Å². The van der Waals surface area contributed by atoms with Crippen molar-refractivity contribution in [3.63, 3.8) is 0 Å². The number of carbonyl (C=O) groups is 1. The van der Waals surface area contributed by atoms with Gasteiger partial charge in [0, 0.05) is 21.9 Å². The third kappa shape index (κ3) is 3.04. The Balaban J connectivity index is 1.85. The number of hydrogen-bond acceptors (Lipinski definition) is 3. The Labute approximate surface area is 130 Å². The molecular formula is C15H12ClFN2OS. The van der Waals surface area contributed by atoms with Gasteiger partial charge in [-0.05, 0) is 42.3 Å². The van der Waals surface area contributed by atoms with Gasteiger partial charge in [-0.15, -0.1) is 11.8 Å². The summed E-state index contributed by atoms with van der Waals surface area (Å²) in [4.78, 5) is 16.8. The minimum Gasteiger partial charge on any atom is -0.345 e. The van der Waals surface area contributed by atoms with Crippen molar-refractivity contribution in [1.82, 2.24) is 10.3 Å². The number of benzene rings is 1. The molecule has 1 N–H and O–H groups in total. The molecule has 0 saturated heterocycles. The van der Waals surface area contributed by atoms with Crippen LogP contribution in [0.3, 0.4) is 0 Å². The van der Waals surface area contributed by atoms with Crippen LogP contribution in [0.25, 0.3) is 0 Å². The number of rotatable bonds is 2. The van der Waals surface area contributed by atoms with Gasteiger partial charge in [-0.1, -0.05) is 11.6 Å². The minimum absolute atomic E-state index is 0.0423. The minimum atomic E-state index is -0.758. The Morgan fingerprint density at radius 3 is 3.10 bits per heavy atom. The summed E-state index contributed by atoms with van der Waals surface area (Å²) < 4.78 is 13.6. The van der Waals surface area contributed by atoms with E-state index in [9.17, 15) is 9.18 Å². The van der Waals surface area contributed by atoms with Gasteiger partial charge >= 0.3 is 0 Å². The van der Waals surface area contributed by atoms with E-state index < -0.39 is 11.9 Å². The van der Waals surface area contributed by atoms with Crippen LogP contribution in [0.5, 0.6) is 0 Å². The van der Waals surface area contributed by atoms with Crippen LogP contribution >= 0.6 is 23.4 Å². The number of fused-ring (bicyclic) bond motifs is 1. The first-order chi connectivity index (χ1) is 10.1. The average Bonchev–Trinajstić information content (AvgIpc) is 2.48. The molecule has 1 atom stereocenters. The molecule has 2 aromatic rings. The number of hydrogen-bond donors (Lipinski definition) is 1. The van der Waals surface area contributed by atoms with Gasteiger partial charge in [0.05, 0.1) is 11.6 Å². The molecule has 1 amide bonds. The molecule has 0 bridgehead atoms. The second-order valence-electron chi connectivity index (χ2n) is 4.69. The lowest BCUT2D eigenvalue weighted by Gasteiger charge is -2.26. The van der Waals surface area contributed by atoms with Gasteiger partial charge in [0.2, 0.25) is 5.95 Å². The fourth-order valence-electron chi connectivity index (χ4n) is 2.31. The van der Waals surface area contributed by atoms with E-state index in [0.717, 1.165) is 22.6 Å². The van der Waals surface area contributed by atoms with Gasteiger partial charge in [-0.25, -0.2) is 4.98 Å². The molecule has 0 spiro atoms. The largest absolute Gasteiger partial charge is 0.345 e. The second kappa shape index (κ2) is 6.03. The first kappa shape index (κ1) is 14.4. The van der Waals surface area contributed by atoms with Crippen LogP contribution in [0.15, 0.2) is 41.4 Å². The van der Waals surface area contributed by atoms with Crippen molar-refractivity contribution in [2.75, 3.05) is 5.75 Å². The number of nitrogens with one attached hydrogen (secondary N) is 1. The third-order valence-electron chi connectivity index (χ3n) is 3.32. The lowest BCUT2D eigenvalue weighted by Crippen LogP contribution is -2.31. The van der Waals surface area contributed by atoms with Gasteiger partial charge in [0.1, 0.15) is 0 Å². The molecule has 2 heterocycles. The number of aromatic nitrogens is 1. The van der Waals surface area contributed by atoms with E-state index >= 15 is 0 Å². The van der Waals surface area contributed by atoms with E-state index in [1.165, 1.54) is 12.3 Å². The van der Waals surface area contributed by atoms with E-state index in [2.05, 4.69) is 10.3 Å². The predicted octanol–water partition coefficient (Wildman–Crippen LogP) is 3.84. The predicted molar refractivity (Wildman–Crippen MR) is 81.2 cm³/mol. The molecule has 1 unspecified atom stereocenters. The highest BCUT2D eigenvalue weighted by molar-refractivity contribution is 7.99. The summed E-state index contributed by atoms with van der Waals surface area (Å²) in [6, 6.07) is 8.44. The number of thioether (sulfide) groups is 1. The molecule has 1 aliphatic heterocycles. The molecular weight excluding hydrogens is 311 g/mol. The van der Waals surface area contributed by atoms with Crippen molar-refractivity contribution < 1.29 is 9.18 Å². The summed E-state index contributed by atoms with van der Waals surface area (Å²) in [5.41, 5.74) is 0.940. The molecule has 108 valence electrons. The number of carbonyl (C=O) groups excluding carboxylic acids is 1. The Morgan fingerprint density at radius 2 is 2.29 bits per heavy atom. The van der Waals surface area contributed by atoms with Gasteiger partial charge in [0.25, 0.3) is 5.91 Å². The van der Waals surface area contributed by atoms with E-state index in [1.54, 1.807) is 17.8 Å². The topological polar surface area (TPSA) is 42.0 Å². The lowest BCUT2D eigenvalue weighted by molar-refractivity contribution is 0.0930. The third-order valence-corrected chi connectivity index (χ3v) is 4.68. The Hall–Kier alpha value is -1.59. The SMILES string of the molecule is O=C(NC1CCSc2ccc(Cl)cc21)c1cccnc1F. The molecule has 0 radical (unpaired) electrons. The first-order valence-electron chi connectivity index (χ1n) is 6.49. The quantitative estimate of drug-likeness (QED) is 0.854. The van der Waals surface area contributed by atoms with Crippen LogP contribution in [0.2, 0.25) is 5.02 Å². The van der Waals surface area contributed by atoms with Crippen molar-refractivity contribution in [1.29, 1.82) is 0 Å². The van der Waals surface area contributed by atoms with Gasteiger partial charge in [-0.2, -0.15) is 4.39 Å². The highest BCUT2D eigenvalue weighted by Gasteiger charge is 2.24. The molecule has 0 saturated carbocycles. The van der Waals surface area contributed by atoms with Crippen LogP contribution in [0, 0.1) is 5.95 Å². The zero-order valence-electron chi connectivity index (χ0n) is 11.0. The van der Waals surface area contributed by atoms with E-state index in [1.807, 2.05) is 18.2 Å². The maximum absolute atomic E-state index is 13.6. The summed E-state index contributed by atoms with van der Waals surface area (Å²) in [5.74, 6) is -0.315. The van der Waals surface area contributed by atoms with Crippen molar-refractivity contribution >= 4 is 29.3 Å². The molecule has 0 fully saturated rings. The van der Waals surface area contributed by atoms with Crippen molar-refractivity contribution in [2.45, 2.75) is 17.4 Å². The van der Waals surface area contributed by atoms with Crippen LogP contribution in [0.4, 0.5) is 4.39 Å². The summed E-state index contributed by atoms with van der Waals surface area (Å²) >= 11 is 7.76. The maximum atomic E-state index is 13.6. The summed E-state index contributed by atoms with van der Waals surface area (Å²) in [6.45, 7) is 0. The number of pyridine rings is 1. The summed E-state index contributed by atoms with van der Waals surface area (Å²) in [7, 11) is 0. The fraction of sp³-hybridized carbons (Fsp3) is 0.200. The monoisotopic (exact) mass is 322 g/mol. The molecule has 3 rings (SSSR count). The van der Waals surface area contributed by atoms with Crippen LogP contribution in [0.1, 0.15) is 28.4 Å². The molecule has 0 aliphatic carbocycles. The average molecular weight is 323 g/mol. The maximum Gasteiger partial charge on any atom is 0.256 e. The molecule has 1 aromatic carbocycles. The molecule has 3 nitrogen and oxygen atoms in total. The molecule has 6 heteroatoms. The van der Waals surface area contributed by atoms with Crippen LogP contribution < -0.4 is 5.32 Å². The summed E-state index contributed by atoms with van der Waals surface area (Å²) in [5, 5.41) is 3.50. The highest BCUT2D eigenvalue weighted by atomic mass is 35.5. The number of nitrogens with zero attached hydrogens (tertiary/aromatic N) is 1. The number of halogens is 2. The Morgan fingerprint density at radius 1 is 1.43 bits per heavy atom. The highest BCUT2D eigenvalue weighted by Crippen LogP contribution is 2.37. The fourth-order valence-corrected chi connectivity index (χ4v) is 3.59.